The molecule has 0 fully saturated rings. The summed E-state index contributed by atoms with van der Waals surface area (Å²) in [6, 6.07) is 10.4. The molecule has 0 saturated carbocycles. The highest BCUT2D eigenvalue weighted by Gasteiger charge is 2.07. The largest absolute Gasteiger partial charge is 0.337 e. The van der Waals surface area contributed by atoms with Crippen LogP contribution in [0.5, 0.6) is 0 Å². The lowest BCUT2D eigenvalue weighted by molar-refractivity contribution is 0.237. The summed E-state index contributed by atoms with van der Waals surface area (Å²) < 4.78 is 0. The van der Waals surface area contributed by atoms with Crippen molar-refractivity contribution in [2.24, 2.45) is 5.92 Å². The summed E-state index contributed by atoms with van der Waals surface area (Å²) in [7, 11) is 0. The first-order valence-corrected chi connectivity index (χ1v) is 8.28. The Morgan fingerprint density at radius 1 is 1.15 bits per heavy atom. The monoisotopic (exact) mass is 294 g/mol. The molecule has 1 rings (SSSR count). The maximum atomic E-state index is 11.7. The Morgan fingerprint density at radius 3 is 2.50 bits per heavy atom. The molecule has 1 unspecified atom stereocenters. The third-order valence-electron chi connectivity index (χ3n) is 2.95. The van der Waals surface area contributed by atoms with E-state index in [9.17, 15) is 4.79 Å². The van der Waals surface area contributed by atoms with E-state index >= 15 is 0 Å². The topological polar surface area (TPSA) is 41.1 Å². The van der Waals surface area contributed by atoms with Crippen LogP contribution in [0.1, 0.15) is 33.6 Å². The number of carbonyl (C=O) groups is 1. The Balaban J connectivity index is 2.08. The zero-order valence-electron chi connectivity index (χ0n) is 12.7. The van der Waals surface area contributed by atoms with Crippen molar-refractivity contribution in [3.8, 4) is 0 Å². The van der Waals surface area contributed by atoms with Gasteiger partial charge in [0.25, 0.3) is 0 Å². The second-order valence-electron chi connectivity index (χ2n) is 5.43. The Morgan fingerprint density at radius 2 is 1.85 bits per heavy atom. The van der Waals surface area contributed by atoms with Gasteiger partial charge in [0, 0.05) is 23.2 Å². The van der Waals surface area contributed by atoms with E-state index in [-0.39, 0.29) is 12.1 Å². The summed E-state index contributed by atoms with van der Waals surface area (Å²) in [4.78, 5) is 12.9. The van der Waals surface area contributed by atoms with Crippen LogP contribution < -0.4 is 10.6 Å². The molecule has 0 radical (unpaired) electrons. The highest BCUT2D eigenvalue weighted by molar-refractivity contribution is 7.99. The highest BCUT2D eigenvalue weighted by Crippen LogP contribution is 2.15. The number of rotatable bonds is 8. The SMILES string of the molecule is CC(C)CCC(C)NC(=O)NCCSc1ccccc1. The van der Waals surface area contributed by atoms with Crippen molar-refractivity contribution in [2.45, 2.75) is 44.6 Å². The van der Waals surface area contributed by atoms with E-state index in [0.717, 1.165) is 18.6 Å². The molecule has 0 aromatic heterocycles. The minimum Gasteiger partial charge on any atom is -0.337 e. The summed E-state index contributed by atoms with van der Waals surface area (Å²) >= 11 is 1.75. The van der Waals surface area contributed by atoms with Gasteiger partial charge in [-0.1, -0.05) is 32.0 Å². The second kappa shape index (κ2) is 9.70. The number of hydrogen-bond acceptors (Lipinski definition) is 2. The number of amides is 2. The molecular weight excluding hydrogens is 268 g/mol. The molecule has 1 aromatic carbocycles. The van der Waals surface area contributed by atoms with Crippen molar-refractivity contribution in [3.63, 3.8) is 0 Å². The van der Waals surface area contributed by atoms with E-state index in [2.05, 4.69) is 43.5 Å². The van der Waals surface area contributed by atoms with Crippen molar-refractivity contribution in [1.82, 2.24) is 10.6 Å². The van der Waals surface area contributed by atoms with Crippen LogP contribution in [0.3, 0.4) is 0 Å². The minimum atomic E-state index is -0.0603. The van der Waals surface area contributed by atoms with Gasteiger partial charge >= 0.3 is 6.03 Å². The van der Waals surface area contributed by atoms with Gasteiger partial charge in [0.2, 0.25) is 0 Å². The lowest BCUT2D eigenvalue weighted by Gasteiger charge is -2.15. The summed E-state index contributed by atoms with van der Waals surface area (Å²) in [5.41, 5.74) is 0. The summed E-state index contributed by atoms with van der Waals surface area (Å²) in [5, 5.41) is 5.88. The number of urea groups is 1. The maximum absolute atomic E-state index is 11.7. The van der Waals surface area contributed by atoms with Gasteiger partial charge in [-0.25, -0.2) is 4.79 Å². The van der Waals surface area contributed by atoms with Crippen LogP contribution in [0.2, 0.25) is 0 Å². The lowest BCUT2D eigenvalue weighted by atomic mass is 10.0. The van der Waals surface area contributed by atoms with Gasteiger partial charge in [-0.2, -0.15) is 0 Å². The van der Waals surface area contributed by atoms with E-state index in [1.165, 1.54) is 4.90 Å². The first-order valence-electron chi connectivity index (χ1n) is 7.30. The molecule has 0 aliphatic carbocycles. The van der Waals surface area contributed by atoms with Gasteiger partial charge in [0.15, 0.2) is 0 Å². The minimum absolute atomic E-state index is 0.0603. The molecule has 3 nitrogen and oxygen atoms in total. The van der Waals surface area contributed by atoms with Gasteiger partial charge in [-0.3, -0.25) is 0 Å². The Hall–Kier alpha value is -1.16. The molecule has 112 valence electrons. The Bertz CT molecular complexity index is 381. The molecule has 0 aliphatic heterocycles. The molecule has 0 aliphatic rings. The zero-order chi connectivity index (χ0) is 14.8. The summed E-state index contributed by atoms with van der Waals surface area (Å²) in [6.07, 6.45) is 2.18. The van der Waals surface area contributed by atoms with Gasteiger partial charge in [0.05, 0.1) is 0 Å². The molecule has 2 amide bonds. The number of nitrogens with one attached hydrogen (secondary N) is 2. The molecule has 1 atom stereocenters. The van der Waals surface area contributed by atoms with E-state index in [0.29, 0.717) is 12.5 Å². The molecule has 4 heteroatoms. The second-order valence-corrected chi connectivity index (χ2v) is 6.60. The maximum Gasteiger partial charge on any atom is 0.315 e. The van der Waals surface area contributed by atoms with E-state index < -0.39 is 0 Å². The number of thioether (sulfide) groups is 1. The quantitative estimate of drug-likeness (QED) is 0.564. The predicted molar refractivity (Wildman–Crippen MR) is 87.2 cm³/mol. The predicted octanol–water partition coefficient (Wildman–Crippen LogP) is 3.90. The van der Waals surface area contributed by atoms with Gasteiger partial charge in [-0.15, -0.1) is 11.8 Å². The molecular formula is C16H26N2OS. The Labute approximate surface area is 126 Å². The van der Waals surface area contributed by atoms with Gasteiger partial charge in [0.1, 0.15) is 0 Å². The van der Waals surface area contributed by atoms with Crippen LogP contribution in [0.25, 0.3) is 0 Å². The molecule has 20 heavy (non-hydrogen) atoms. The van der Waals surface area contributed by atoms with Gasteiger partial charge in [-0.05, 0) is 37.8 Å². The Kier molecular flexibility index (Phi) is 8.19. The molecule has 2 N–H and O–H groups in total. The average molecular weight is 294 g/mol. The molecule has 0 heterocycles. The van der Waals surface area contributed by atoms with Crippen LogP contribution in [0, 0.1) is 5.92 Å². The van der Waals surface area contributed by atoms with Crippen molar-refractivity contribution in [1.29, 1.82) is 0 Å². The van der Waals surface area contributed by atoms with Crippen LogP contribution in [-0.2, 0) is 0 Å². The third-order valence-corrected chi connectivity index (χ3v) is 3.97. The fourth-order valence-corrected chi connectivity index (χ4v) is 2.57. The van der Waals surface area contributed by atoms with Crippen molar-refractivity contribution >= 4 is 17.8 Å². The van der Waals surface area contributed by atoms with E-state index in [4.69, 9.17) is 0 Å². The zero-order valence-corrected chi connectivity index (χ0v) is 13.5. The van der Waals surface area contributed by atoms with Crippen molar-refractivity contribution in [3.05, 3.63) is 30.3 Å². The normalized spacial score (nSPS) is 12.2. The average Bonchev–Trinajstić information content (AvgIpc) is 2.42. The molecule has 0 spiro atoms. The number of benzene rings is 1. The first-order chi connectivity index (χ1) is 9.58. The molecule has 1 aromatic rings. The smallest absolute Gasteiger partial charge is 0.315 e. The third kappa shape index (κ3) is 8.10. The summed E-state index contributed by atoms with van der Waals surface area (Å²) in [5.74, 6) is 1.57. The number of hydrogen-bond donors (Lipinski definition) is 2. The van der Waals surface area contributed by atoms with Gasteiger partial charge < -0.3 is 10.6 Å². The number of carbonyl (C=O) groups excluding carboxylic acids is 1. The van der Waals surface area contributed by atoms with Crippen LogP contribution in [0.4, 0.5) is 4.79 Å². The summed E-state index contributed by atoms with van der Waals surface area (Å²) in [6.45, 7) is 7.14. The van der Waals surface area contributed by atoms with Crippen LogP contribution in [-0.4, -0.2) is 24.4 Å². The highest BCUT2D eigenvalue weighted by atomic mass is 32.2. The standard InChI is InChI=1S/C16H26N2OS/c1-13(2)9-10-14(3)18-16(19)17-11-12-20-15-7-5-4-6-8-15/h4-8,13-14H,9-12H2,1-3H3,(H2,17,18,19). The molecule has 0 bridgehead atoms. The fraction of sp³-hybridized carbons (Fsp3) is 0.562. The first kappa shape index (κ1) is 16.9. The van der Waals surface area contributed by atoms with Crippen molar-refractivity contribution in [2.75, 3.05) is 12.3 Å². The molecule has 0 saturated heterocycles. The van der Waals surface area contributed by atoms with Crippen LogP contribution >= 0.6 is 11.8 Å². The fourth-order valence-electron chi connectivity index (χ4n) is 1.78. The van der Waals surface area contributed by atoms with E-state index in [1.54, 1.807) is 11.8 Å². The van der Waals surface area contributed by atoms with E-state index in [1.807, 2.05) is 18.2 Å². The lowest BCUT2D eigenvalue weighted by Crippen LogP contribution is -2.41. The van der Waals surface area contributed by atoms with Crippen LogP contribution in [0.15, 0.2) is 35.2 Å². The van der Waals surface area contributed by atoms with Crippen molar-refractivity contribution < 1.29 is 4.79 Å².